The van der Waals surface area contributed by atoms with E-state index in [1.54, 1.807) is 12.1 Å². The van der Waals surface area contributed by atoms with E-state index in [4.69, 9.17) is 4.74 Å². The molecule has 0 bridgehead atoms. The SMILES string of the molecule is CCN(CC)Cc1cc(C=C2C(=O)N(C)C(=O)N(C)C2=O)cc(OC)c1O. The molecule has 8 nitrogen and oxygen atoms in total. The van der Waals surface area contributed by atoms with Gasteiger partial charge in [0.15, 0.2) is 11.5 Å². The number of hydrogen-bond acceptors (Lipinski definition) is 6. The summed E-state index contributed by atoms with van der Waals surface area (Å²) in [5.74, 6) is -1.06. The Hall–Kier alpha value is -2.87. The second-order valence-electron chi connectivity index (χ2n) is 6.26. The average Bonchev–Trinajstić information content (AvgIpc) is 2.67. The van der Waals surface area contributed by atoms with Crippen molar-refractivity contribution < 1.29 is 24.2 Å². The lowest BCUT2D eigenvalue weighted by Crippen LogP contribution is -2.52. The molecule has 1 aromatic carbocycles. The Labute approximate surface area is 158 Å². The highest BCUT2D eigenvalue weighted by Crippen LogP contribution is 2.33. The summed E-state index contributed by atoms with van der Waals surface area (Å²) in [7, 11) is 4.08. The second-order valence-corrected chi connectivity index (χ2v) is 6.26. The van der Waals surface area contributed by atoms with Crippen LogP contribution in [0.3, 0.4) is 0 Å². The van der Waals surface area contributed by atoms with Gasteiger partial charge >= 0.3 is 6.03 Å². The topological polar surface area (TPSA) is 90.4 Å². The summed E-state index contributed by atoms with van der Waals surface area (Å²) in [4.78, 5) is 40.5. The maximum Gasteiger partial charge on any atom is 0.333 e. The molecule has 1 saturated heterocycles. The number of likely N-dealkylation sites (N-methyl/N-ethyl adjacent to an activating group) is 2. The van der Waals surface area contributed by atoms with Crippen molar-refractivity contribution >= 4 is 23.9 Å². The van der Waals surface area contributed by atoms with Gasteiger partial charge in [-0.15, -0.1) is 0 Å². The fourth-order valence-electron chi connectivity index (χ4n) is 2.88. The minimum absolute atomic E-state index is 0.0252. The number of urea groups is 1. The molecular weight excluding hydrogens is 350 g/mol. The number of carbonyl (C=O) groups excluding carboxylic acids is 3. The van der Waals surface area contributed by atoms with Crippen molar-refractivity contribution in [3.63, 3.8) is 0 Å². The minimum atomic E-state index is -0.673. The van der Waals surface area contributed by atoms with E-state index in [9.17, 15) is 19.5 Å². The minimum Gasteiger partial charge on any atom is -0.504 e. The van der Waals surface area contributed by atoms with Crippen molar-refractivity contribution in [1.82, 2.24) is 14.7 Å². The smallest absolute Gasteiger partial charge is 0.333 e. The summed E-state index contributed by atoms with van der Waals surface area (Å²) in [6, 6.07) is 2.58. The van der Waals surface area contributed by atoms with E-state index in [1.807, 2.05) is 13.8 Å². The van der Waals surface area contributed by atoms with Crippen LogP contribution in [0.1, 0.15) is 25.0 Å². The molecule has 2 rings (SSSR count). The van der Waals surface area contributed by atoms with Gasteiger partial charge < -0.3 is 9.84 Å². The van der Waals surface area contributed by atoms with E-state index < -0.39 is 17.8 Å². The fraction of sp³-hybridized carbons (Fsp3) is 0.421. The summed E-state index contributed by atoms with van der Waals surface area (Å²) in [6.07, 6.45) is 1.41. The zero-order valence-corrected chi connectivity index (χ0v) is 16.3. The third-order valence-corrected chi connectivity index (χ3v) is 4.64. The van der Waals surface area contributed by atoms with Crippen LogP contribution >= 0.6 is 0 Å². The average molecular weight is 375 g/mol. The first-order chi connectivity index (χ1) is 12.7. The molecule has 0 radical (unpaired) electrons. The van der Waals surface area contributed by atoms with Gasteiger partial charge in [-0.3, -0.25) is 24.3 Å². The Morgan fingerprint density at radius 2 is 1.63 bits per heavy atom. The Morgan fingerprint density at radius 1 is 1.07 bits per heavy atom. The quantitative estimate of drug-likeness (QED) is 0.601. The molecule has 0 spiro atoms. The molecule has 1 aliphatic heterocycles. The van der Waals surface area contributed by atoms with Crippen LogP contribution in [-0.2, 0) is 16.1 Å². The lowest BCUT2D eigenvalue weighted by atomic mass is 10.0. The normalized spacial score (nSPS) is 15.0. The van der Waals surface area contributed by atoms with Crippen molar-refractivity contribution in [1.29, 1.82) is 0 Å². The van der Waals surface area contributed by atoms with Crippen molar-refractivity contribution in [3.05, 3.63) is 28.8 Å². The van der Waals surface area contributed by atoms with Crippen molar-refractivity contribution in [2.45, 2.75) is 20.4 Å². The number of phenols is 1. The van der Waals surface area contributed by atoms with Gasteiger partial charge in [-0.2, -0.15) is 0 Å². The van der Waals surface area contributed by atoms with E-state index in [0.717, 1.165) is 22.9 Å². The van der Waals surface area contributed by atoms with Gasteiger partial charge in [0.05, 0.1) is 7.11 Å². The van der Waals surface area contributed by atoms with Gasteiger partial charge in [-0.05, 0) is 36.9 Å². The monoisotopic (exact) mass is 375 g/mol. The Morgan fingerprint density at radius 3 is 2.11 bits per heavy atom. The molecule has 146 valence electrons. The number of nitrogens with zero attached hydrogens (tertiary/aromatic N) is 3. The number of aromatic hydroxyl groups is 1. The van der Waals surface area contributed by atoms with Crippen LogP contribution in [0, 0.1) is 0 Å². The summed E-state index contributed by atoms with van der Waals surface area (Å²) in [6.45, 7) is 6.14. The number of carbonyl (C=O) groups is 3. The number of rotatable bonds is 6. The van der Waals surface area contributed by atoms with Crippen molar-refractivity contribution in [2.24, 2.45) is 0 Å². The number of benzene rings is 1. The summed E-state index contributed by atoms with van der Waals surface area (Å²) < 4.78 is 5.23. The first kappa shape index (κ1) is 20.4. The predicted molar refractivity (Wildman–Crippen MR) is 100 cm³/mol. The predicted octanol–water partition coefficient (Wildman–Crippen LogP) is 1.68. The molecule has 1 aliphatic rings. The maximum absolute atomic E-state index is 12.4. The molecule has 1 aromatic rings. The van der Waals surface area contributed by atoms with Crippen LogP contribution in [0.4, 0.5) is 4.79 Å². The van der Waals surface area contributed by atoms with E-state index in [1.165, 1.54) is 27.3 Å². The highest BCUT2D eigenvalue weighted by molar-refractivity contribution is 6.30. The van der Waals surface area contributed by atoms with Crippen LogP contribution in [-0.4, -0.2) is 71.9 Å². The molecule has 8 heteroatoms. The lowest BCUT2D eigenvalue weighted by Gasteiger charge is -2.29. The van der Waals surface area contributed by atoms with Crippen LogP contribution in [0.2, 0.25) is 0 Å². The zero-order chi connectivity index (χ0) is 20.3. The van der Waals surface area contributed by atoms with Gasteiger partial charge in [0.25, 0.3) is 11.8 Å². The van der Waals surface area contributed by atoms with Crippen molar-refractivity contribution in [3.8, 4) is 11.5 Å². The highest BCUT2D eigenvalue weighted by atomic mass is 16.5. The van der Waals surface area contributed by atoms with Gasteiger partial charge in [-0.25, -0.2) is 4.79 Å². The molecular formula is C19H25N3O5. The third-order valence-electron chi connectivity index (χ3n) is 4.64. The Bertz CT molecular complexity index is 773. The van der Waals surface area contributed by atoms with E-state index in [0.29, 0.717) is 17.7 Å². The summed E-state index contributed by atoms with van der Waals surface area (Å²) in [5, 5.41) is 10.4. The number of phenolic OH excluding ortho intramolecular Hbond substituents is 1. The standard InChI is InChI=1S/C19H25N3O5/c1-6-22(7-2)11-13-8-12(10-15(27-5)16(13)23)9-14-17(24)20(3)19(26)21(4)18(14)25/h8-10,23H,6-7,11H2,1-5H3. The molecule has 1 fully saturated rings. The molecule has 0 aliphatic carbocycles. The second kappa shape index (κ2) is 8.22. The lowest BCUT2D eigenvalue weighted by molar-refractivity contribution is -0.134. The molecule has 27 heavy (non-hydrogen) atoms. The van der Waals surface area contributed by atoms with Gasteiger partial charge in [-0.1, -0.05) is 13.8 Å². The van der Waals surface area contributed by atoms with Crippen molar-refractivity contribution in [2.75, 3.05) is 34.3 Å². The van der Waals surface area contributed by atoms with Crippen LogP contribution in [0.15, 0.2) is 17.7 Å². The Balaban J connectivity index is 2.51. The first-order valence-electron chi connectivity index (χ1n) is 8.69. The first-order valence-corrected chi connectivity index (χ1v) is 8.69. The summed E-state index contributed by atoms with van der Waals surface area (Å²) in [5.41, 5.74) is 1.03. The van der Waals surface area contributed by atoms with E-state index in [-0.39, 0.29) is 17.1 Å². The summed E-state index contributed by atoms with van der Waals surface area (Å²) >= 11 is 0. The molecule has 0 aromatic heterocycles. The number of imide groups is 2. The maximum atomic E-state index is 12.4. The van der Waals surface area contributed by atoms with Gasteiger partial charge in [0, 0.05) is 26.2 Å². The fourth-order valence-corrected chi connectivity index (χ4v) is 2.88. The van der Waals surface area contributed by atoms with Crippen LogP contribution in [0.5, 0.6) is 11.5 Å². The highest BCUT2D eigenvalue weighted by Gasteiger charge is 2.37. The van der Waals surface area contributed by atoms with E-state index in [2.05, 4.69) is 4.90 Å². The number of methoxy groups -OCH3 is 1. The molecule has 0 atom stereocenters. The van der Waals surface area contributed by atoms with E-state index >= 15 is 0 Å². The van der Waals surface area contributed by atoms with Crippen LogP contribution in [0.25, 0.3) is 6.08 Å². The molecule has 0 saturated carbocycles. The number of ether oxygens (including phenoxy) is 1. The molecule has 1 heterocycles. The molecule has 0 unspecified atom stereocenters. The zero-order valence-electron chi connectivity index (χ0n) is 16.3. The molecule has 1 N–H and O–H groups in total. The Kier molecular flexibility index (Phi) is 6.22. The number of hydrogen-bond donors (Lipinski definition) is 1. The van der Waals surface area contributed by atoms with Gasteiger partial charge in [0.1, 0.15) is 5.57 Å². The third kappa shape index (κ3) is 3.95. The number of barbiturate groups is 1. The largest absolute Gasteiger partial charge is 0.504 e. The number of amides is 4. The van der Waals surface area contributed by atoms with Crippen LogP contribution < -0.4 is 4.74 Å². The van der Waals surface area contributed by atoms with Gasteiger partial charge in [0.2, 0.25) is 0 Å². The molecule has 4 amide bonds.